The van der Waals surface area contributed by atoms with Gasteiger partial charge < -0.3 is 16.4 Å². The topological polar surface area (TPSA) is 84.7 Å². The molecule has 2 rings (SSSR count). The minimum absolute atomic E-state index is 0.500. The van der Waals surface area contributed by atoms with Crippen molar-refractivity contribution in [3.05, 3.63) is 11.1 Å². The normalized spacial score (nSPS) is 22.4. The van der Waals surface area contributed by atoms with Crippen LogP contribution in [0.4, 0.5) is 0 Å². The number of hydrogen-bond acceptors (Lipinski definition) is 5. The molecule has 0 saturated heterocycles. The van der Waals surface area contributed by atoms with Crippen molar-refractivity contribution >= 4 is 22.8 Å². The van der Waals surface area contributed by atoms with Crippen LogP contribution in [0.1, 0.15) is 0 Å². The van der Waals surface area contributed by atoms with Crippen molar-refractivity contribution < 1.29 is 4.79 Å². The number of aliphatic imine (C=N–C) groups is 1. The molecule has 70 valence electrons. The zero-order chi connectivity index (χ0) is 9.42. The predicted octanol–water partition coefficient (Wildman–Crippen LogP) is -0.941. The monoisotopic (exact) mass is 198 g/mol. The predicted molar refractivity (Wildman–Crippen MR) is 51.9 cm³/mol. The summed E-state index contributed by atoms with van der Waals surface area (Å²) >= 11 is 1.43. The zero-order valence-corrected chi connectivity index (χ0v) is 7.75. The molecule has 1 amide bonds. The molecule has 4 N–H and O–H groups in total. The molecule has 13 heavy (non-hydrogen) atoms. The number of carbonyl (C=O) groups excluding carboxylic acids is 1. The molecule has 0 saturated carbocycles. The number of nitrogens with zero attached hydrogens (tertiary/aromatic N) is 2. The van der Waals surface area contributed by atoms with Crippen molar-refractivity contribution in [3.63, 3.8) is 0 Å². The number of carbonyl (C=O) groups is 1. The first-order valence-corrected chi connectivity index (χ1v) is 4.75. The molecule has 0 aliphatic carbocycles. The molecular formula is C7H10N4OS. The van der Waals surface area contributed by atoms with E-state index < -0.39 is 11.9 Å². The molecule has 0 aromatic rings. The van der Waals surface area contributed by atoms with Gasteiger partial charge >= 0.3 is 0 Å². The molecule has 0 spiro atoms. The van der Waals surface area contributed by atoms with E-state index in [2.05, 4.69) is 4.99 Å². The summed E-state index contributed by atoms with van der Waals surface area (Å²) in [6, 6.07) is -0.696. The average Bonchev–Trinajstić information content (AvgIpc) is 2.59. The minimum atomic E-state index is -0.696. The largest absolute Gasteiger partial charge is 0.368 e. The summed E-state index contributed by atoms with van der Waals surface area (Å²) < 4.78 is 0. The van der Waals surface area contributed by atoms with Crippen LogP contribution < -0.4 is 11.5 Å². The molecule has 6 heteroatoms. The minimum Gasteiger partial charge on any atom is -0.368 e. The molecule has 1 unspecified atom stereocenters. The third kappa shape index (κ3) is 1.42. The maximum absolute atomic E-state index is 10.8. The van der Waals surface area contributed by atoms with Gasteiger partial charge in [-0.2, -0.15) is 0 Å². The quantitative estimate of drug-likeness (QED) is 0.599. The van der Waals surface area contributed by atoms with E-state index in [4.69, 9.17) is 11.5 Å². The van der Waals surface area contributed by atoms with Crippen LogP contribution in [0, 0.1) is 0 Å². The third-order valence-corrected chi connectivity index (χ3v) is 3.08. The Hall–Kier alpha value is -1.01. The summed E-state index contributed by atoms with van der Waals surface area (Å²) in [4.78, 5) is 17.8. The molecule has 1 atom stereocenters. The molecule has 0 aromatic heterocycles. The van der Waals surface area contributed by atoms with Gasteiger partial charge in [-0.05, 0) is 0 Å². The molecule has 2 aliphatic rings. The summed E-state index contributed by atoms with van der Waals surface area (Å²) in [5.74, 6) is -0.500. The summed E-state index contributed by atoms with van der Waals surface area (Å²) in [6.45, 7) is 1.69. The van der Waals surface area contributed by atoms with E-state index in [1.807, 2.05) is 11.1 Å². The molecule has 2 heterocycles. The van der Waals surface area contributed by atoms with Crippen LogP contribution in [0.3, 0.4) is 0 Å². The van der Waals surface area contributed by atoms with Crippen LogP contribution in [0.5, 0.6) is 0 Å². The molecule has 0 aromatic carbocycles. The lowest BCUT2D eigenvalue weighted by atomic mass is 10.3. The van der Waals surface area contributed by atoms with E-state index in [0.29, 0.717) is 0 Å². The maximum atomic E-state index is 10.8. The van der Waals surface area contributed by atoms with Gasteiger partial charge in [-0.15, -0.1) is 0 Å². The second-order valence-corrected chi connectivity index (χ2v) is 3.91. The number of hydrogen-bond donors (Lipinski definition) is 2. The summed E-state index contributed by atoms with van der Waals surface area (Å²) in [7, 11) is 0. The van der Waals surface area contributed by atoms with Crippen molar-refractivity contribution in [3.8, 4) is 0 Å². The Bertz CT molecular complexity index is 312. The van der Waals surface area contributed by atoms with Crippen LogP contribution >= 0.6 is 11.8 Å². The van der Waals surface area contributed by atoms with Gasteiger partial charge in [0.2, 0.25) is 5.91 Å². The standard InChI is InChI=1S/C7H10N4OS/c8-5(6(9)12)4-3-11-2-1-10-7(11)13-4/h3,5H,1-2,8H2,(H2,9,12). The first-order valence-electron chi connectivity index (χ1n) is 3.94. The van der Waals surface area contributed by atoms with Gasteiger partial charge in [-0.3, -0.25) is 9.79 Å². The van der Waals surface area contributed by atoms with Crippen molar-refractivity contribution in [1.82, 2.24) is 4.90 Å². The van der Waals surface area contributed by atoms with E-state index in [1.54, 1.807) is 0 Å². The number of thioether (sulfide) groups is 1. The summed E-state index contributed by atoms with van der Waals surface area (Å²) in [6.07, 6.45) is 1.85. The fourth-order valence-electron chi connectivity index (χ4n) is 1.22. The number of fused-ring (bicyclic) bond motifs is 1. The Morgan fingerprint density at radius 3 is 3.15 bits per heavy atom. The Labute approximate surface area is 79.8 Å². The number of amides is 1. The van der Waals surface area contributed by atoms with Crippen LogP contribution in [0.15, 0.2) is 16.1 Å². The SMILES string of the molecule is NC(=O)C(N)C1=CN2CCN=C2S1. The second-order valence-electron chi connectivity index (χ2n) is 2.87. The number of primary amides is 1. The first-order chi connectivity index (χ1) is 6.18. The summed E-state index contributed by atoms with van der Waals surface area (Å²) in [5, 5.41) is 0.923. The lowest BCUT2D eigenvalue weighted by Crippen LogP contribution is -2.36. The van der Waals surface area contributed by atoms with Gasteiger partial charge in [0.25, 0.3) is 0 Å². The van der Waals surface area contributed by atoms with Crippen molar-refractivity contribution in [2.75, 3.05) is 13.1 Å². The van der Waals surface area contributed by atoms with Gasteiger partial charge in [-0.25, -0.2) is 0 Å². The van der Waals surface area contributed by atoms with E-state index >= 15 is 0 Å². The van der Waals surface area contributed by atoms with E-state index in [9.17, 15) is 4.79 Å². The van der Waals surface area contributed by atoms with E-state index in [-0.39, 0.29) is 0 Å². The highest BCUT2D eigenvalue weighted by Gasteiger charge is 2.29. The highest BCUT2D eigenvalue weighted by atomic mass is 32.2. The van der Waals surface area contributed by atoms with E-state index in [0.717, 1.165) is 23.2 Å². The van der Waals surface area contributed by atoms with Crippen LogP contribution in [-0.4, -0.2) is 35.1 Å². The second kappa shape index (κ2) is 3.04. The van der Waals surface area contributed by atoms with Crippen molar-refractivity contribution in [1.29, 1.82) is 0 Å². The lowest BCUT2D eigenvalue weighted by molar-refractivity contribution is -0.118. The van der Waals surface area contributed by atoms with Crippen molar-refractivity contribution in [2.45, 2.75) is 6.04 Å². The Balaban J connectivity index is 2.12. The van der Waals surface area contributed by atoms with Gasteiger partial charge in [0.1, 0.15) is 6.04 Å². The molecule has 0 bridgehead atoms. The molecule has 0 radical (unpaired) electrons. The Morgan fingerprint density at radius 1 is 1.77 bits per heavy atom. The fourth-order valence-corrected chi connectivity index (χ4v) is 2.27. The fraction of sp³-hybridized carbons (Fsp3) is 0.429. The maximum Gasteiger partial charge on any atom is 0.239 e. The van der Waals surface area contributed by atoms with Gasteiger partial charge in [-0.1, -0.05) is 11.8 Å². The smallest absolute Gasteiger partial charge is 0.239 e. The number of rotatable bonds is 2. The average molecular weight is 198 g/mol. The van der Waals surface area contributed by atoms with Crippen molar-refractivity contribution in [2.24, 2.45) is 16.5 Å². The highest BCUT2D eigenvalue weighted by Crippen LogP contribution is 2.31. The number of amidine groups is 1. The molecular weight excluding hydrogens is 188 g/mol. The summed E-state index contributed by atoms with van der Waals surface area (Å²) in [5.41, 5.74) is 10.7. The third-order valence-electron chi connectivity index (χ3n) is 1.94. The van der Waals surface area contributed by atoms with Gasteiger partial charge in [0.15, 0.2) is 5.17 Å². The highest BCUT2D eigenvalue weighted by molar-refractivity contribution is 8.17. The Morgan fingerprint density at radius 2 is 2.54 bits per heavy atom. The van der Waals surface area contributed by atoms with Crippen LogP contribution in [0.25, 0.3) is 0 Å². The molecule has 0 fully saturated rings. The molecule has 2 aliphatic heterocycles. The van der Waals surface area contributed by atoms with Gasteiger partial charge in [0.05, 0.1) is 6.54 Å². The van der Waals surface area contributed by atoms with Crippen LogP contribution in [-0.2, 0) is 4.79 Å². The Kier molecular flexibility index (Phi) is 2.01. The lowest BCUT2D eigenvalue weighted by Gasteiger charge is -2.05. The van der Waals surface area contributed by atoms with Crippen LogP contribution in [0.2, 0.25) is 0 Å². The van der Waals surface area contributed by atoms with E-state index in [1.165, 1.54) is 11.8 Å². The first kappa shape index (κ1) is 8.58. The molecule has 5 nitrogen and oxygen atoms in total. The number of nitrogens with two attached hydrogens (primary N) is 2. The van der Waals surface area contributed by atoms with Gasteiger partial charge in [0, 0.05) is 17.6 Å². The zero-order valence-electron chi connectivity index (χ0n) is 6.93.